The van der Waals surface area contributed by atoms with E-state index in [1.807, 2.05) is 6.07 Å². The minimum atomic E-state index is -0.688. The summed E-state index contributed by atoms with van der Waals surface area (Å²) in [6, 6.07) is 5.59. The van der Waals surface area contributed by atoms with E-state index in [0.29, 0.717) is 0 Å². The molecule has 7 heteroatoms. The molecule has 0 spiro atoms. The monoisotopic (exact) mass is 357 g/mol. The summed E-state index contributed by atoms with van der Waals surface area (Å²) in [7, 11) is 0. The fraction of sp³-hybridized carbons (Fsp3) is 0. The molecule has 1 aromatic carbocycles. The van der Waals surface area contributed by atoms with Crippen molar-refractivity contribution < 1.29 is 9.13 Å². The van der Waals surface area contributed by atoms with Crippen molar-refractivity contribution in [3.8, 4) is 17.7 Å². The molecule has 90 valence electrons. The molecule has 1 N–H and O–H groups in total. The highest BCUT2D eigenvalue weighted by Gasteiger charge is 2.11. The predicted octanol–water partition coefficient (Wildman–Crippen LogP) is 2.18. The minimum absolute atomic E-state index is 0.0166. The highest BCUT2D eigenvalue weighted by molar-refractivity contribution is 14.1. The van der Waals surface area contributed by atoms with Gasteiger partial charge >= 0.3 is 0 Å². The number of benzene rings is 1. The van der Waals surface area contributed by atoms with E-state index in [1.54, 1.807) is 22.6 Å². The van der Waals surface area contributed by atoms with Crippen LogP contribution in [0.15, 0.2) is 29.3 Å². The van der Waals surface area contributed by atoms with Crippen LogP contribution in [0.4, 0.5) is 4.39 Å². The second-order valence-electron chi connectivity index (χ2n) is 3.21. The van der Waals surface area contributed by atoms with Gasteiger partial charge in [0.25, 0.3) is 5.56 Å². The van der Waals surface area contributed by atoms with Gasteiger partial charge in [-0.05, 0) is 40.8 Å². The summed E-state index contributed by atoms with van der Waals surface area (Å²) >= 11 is 1.75. The Balaban J connectivity index is 2.38. The second kappa shape index (κ2) is 5.14. The molecule has 1 heterocycles. The van der Waals surface area contributed by atoms with Crippen molar-refractivity contribution >= 4 is 22.6 Å². The predicted molar refractivity (Wildman–Crippen MR) is 68.8 cm³/mol. The van der Waals surface area contributed by atoms with Crippen LogP contribution in [0.25, 0.3) is 0 Å². The Kier molecular flexibility index (Phi) is 3.57. The van der Waals surface area contributed by atoms with Gasteiger partial charge in [-0.3, -0.25) is 4.79 Å². The van der Waals surface area contributed by atoms with Crippen molar-refractivity contribution in [1.82, 2.24) is 9.97 Å². The number of nitrogens with zero attached hydrogens (tertiary/aromatic N) is 2. The Morgan fingerprint density at radius 2 is 2.28 bits per heavy atom. The van der Waals surface area contributed by atoms with Crippen LogP contribution in [-0.4, -0.2) is 9.97 Å². The molecular formula is C11H5FIN3O2. The second-order valence-corrected chi connectivity index (χ2v) is 4.29. The summed E-state index contributed by atoms with van der Waals surface area (Å²) in [5, 5.41) is 8.61. The van der Waals surface area contributed by atoms with Crippen molar-refractivity contribution in [1.29, 1.82) is 5.26 Å². The third-order valence-corrected chi connectivity index (χ3v) is 2.98. The lowest BCUT2D eigenvalue weighted by molar-refractivity contribution is 0.422. The zero-order valence-corrected chi connectivity index (χ0v) is 10.9. The molecule has 2 rings (SSSR count). The topological polar surface area (TPSA) is 78.8 Å². The smallest absolute Gasteiger partial charge is 0.268 e. The lowest BCUT2D eigenvalue weighted by atomic mass is 10.2. The number of ether oxygens (including phenoxy) is 1. The number of nitrogens with one attached hydrogen (secondary N) is 1. The molecule has 0 saturated carbocycles. The average Bonchev–Trinajstić information content (AvgIpc) is 2.37. The fourth-order valence-electron chi connectivity index (χ4n) is 1.20. The van der Waals surface area contributed by atoms with Gasteiger partial charge in [0.05, 0.1) is 18.0 Å². The Morgan fingerprint density at radius 3 is 2.94 bits per heavy atom. The van der Waals surface area contributed by atoms with E-state index in [4.69, 9.17) is 10.00 Å². The SMILES string of the molecule is N#Cc1ccc(Oc2nc[nH]c(=O)c2I)c(F)c1. The molecule has 0 fully saturated rings. The summed E-state index contributed by atoms with van der Waals surface area (Å²) in [6.45, 7) is 0. The van der Waals surface area contributed by atoms with Crippen LogP contribution in [0.2, 0.25) is 0 Å². The summed E-state index contributed by atoms with van der Waals surface area (Å²) in [5.41, 5.74) is -0.178. The van der Waals surface area contributed by atoms with E-state index >= 15 is 0 Å². The lowest BCUT2D eigenvalue weighted by Crippen LogP contribution is -2.11. The van der Waals surface area contributed by atoms with Crippen molar-refractivity contribution in [3.05, 3.63) is 49.8 Å². The maximum atomic E-state index is 13.6. The van der Waals surface area contributed by atoms with E-state index in [0.717, 1.165) is 6.07 Å². The fourth-order valence-corrected chi connectivity index (χ4v) is 1.60. The van der Waals surface area contributed by atoms with Gasteiger partial charge in [0.1, 0.15) is 3.57 Å². The van der Waals surface area contributed by atoms with E-state index in [1.165, 1.54) is 18.5 Å². The molecule has 0 aliphatic rings. The standard InChI is InChI=1S/C11H5FIN3O2/c12-7-3-6(4-14)1-2-8(7)18-11-9(13)10(17)15-5-16-11/h1-3,5H,(H,15,16,17). The maximum Gasteiger partial charge on any atom is 0.268 e. The van der Waals surface area contributed by atoms with Crippen LogP contribution in [0.3, 0.4) is 0 Å². The number of hydrogen-bond acceptors (Lipinski definition) is 4. The first-order chi connectivity index (χ1) is 8.61. The molecule has 2 aromatic rings. The van der Waals surface area contributed by atoms with Crippen molar-refractivity contribution in [3.63, 3.8) is 0 Å². The molecule has 5 nitrogen and oxygen atoms in total. The molecule has 0 bridgehead atoms. The number of halogens is 2. The molecule has 0 amide bonds. The molecule has 0 unspecified atom stereocenters. The number of rotatable bonds is 2. The molecule has 0 aliphatic heterocycles. The molecule has 1 aromatic heterocycles. The Labute approximate surface area is 114 Å². The minimum Gasteiger partial charge on any atom is -0.435 e. The summed E-state index contributed by atoms with van der Waals surface area (Å²) in [5.74, 6) is -0.764. The highest BCUT2D eigenvalue weighted by Crippen LogP contribution is 2.25. The maximum absolute atomic E-state index is 13.6. The van der Waals surface area contributed by atoms with Crippen molar-refractivity contribution in [2.75, 3.05) is 0 Å². The van der Waals surface area contributed by atoms with Crippen LogP contribution < -0.4 is 10.3 Å². The highest BCUT2D eigenvalue weighted by atomic mass is 127. The first kappa shape index (κ1) is 12.5. The first-order valence-corrected chi connectivity index (χ1v) is 5.80. The zero-order valence-electron chi connectivity index (χ0n) is 8.78. The number of H-pyrrole nitrogens is 1. The number of aromatic nitrogens is 2. The van der Waals surface area contributed by atoms with Gasteiger partial charge in [0.2, 0.25) is 5.88 Å². The summed E-state index contributed by atoms with van der Waals surface area (Å²) in [4.78, 5) is 17.5. The van der Waals surface area contributed by atoms with Gasteiger partial charge in [-0.2, -0.15) is 5.26 Å². The van der Waals surface area contributed by atoms with Crippen LogP contribution in [0.1, 0.15) is 5.56 Å². The summed E-state index contributed by atoms with van der Waals surface area (Å²) < 4.78 is 19.0. The number of hydrogen-bond donors (Lipinski definition) is 1. The van der Waals surface area contributed by atoms with Gasteiger partial charge in [0.15, 0.2) is 11.6 Å². The van der Waals surface area contributed by atoms with Crippen LogP contribution >= 0.6 is 22.6 Å². The zero-order chi connectivity index (χ0) is 13.1. The van der Waals surface area contributed by atoms with E-state index in [-0.39, 0.29) is 26.3 Å². The quantitative estimate of drug-likeness (QED) is 0.836. The Hall–Kier alpha value is -1.95. The molecule has 0 radical (unpaired) electrons. The third-order valence-electron chi connectivity index (χ3n) is 2.03. The molecular weight excluding hydrogens is 352 g/mol. The Morgan fingerprint density at radius 1 is 1.50 bits per heavy atom. The lowest BCUT2D eigenvalue weighted by Gasteiger charge is -2.06. The average molecular weight is 357 g/mol. The number of aromatic amines is 1. The van der Waals surface area contributed by atoms with E-state index in [9.17, 15) is 9.18 Å². The van der Waals surface area contributed by atoms with Gasteiger partial charge in [-0.1, -0.05) is 0 Å². The van der Waals surface area contributed by atoms with E-state index < -0.39 is 5.82 Å². The van der Waals surface area contributed by atoms with Gasteiger partial charge < -0.3 is 9.72 Å². The van der Waals surface area contributed by atoms with Crippen LogP contribution in [-0.2, 0) is 0 Å². The van der Waals surface area contributed by atoms with Crippen molar-refractivity contribution in [2.45, 2.75) is 0 Å². The molecule has 0 atom stereocenters. The third kappa shape index (κ3) is 2.48. The molecule has 18 heavy (non-hydrogen) atoms. The number of nitriles is 1. The van der Waals surface area contributed by atoms with Gasteiger partial charge in [-0.15, -0.1) is 0 Å². The van der Waals surface area contributed by atoms with Gasteiger partial charge in [0, 0.05) is 0 Å². The largest absolute Gasteiger partial charge is 0.435 e. The van der Waals surface area contributed by atoms with Crippen LogP contribution in [0, 0.1) is 20.7 Å². The Bertz CT molecular complexity index is 693. The summed E-state index contributed by atoms with van der Waals surface area (Å²) in [6.07, 6.45) is 1.17. The first-order valence-electron chi connectivity index (χ1n) is 4.72. The van der Waals surface area contributed by atoms with Crippen molar-refractivity contribution in [2.24, 2.45) is 0 Å². The van der Waals surface area contributed by atoms with Gasteiger partial charge in [-0.25, -0.2) is 9.37 Å². The molecule has 0 aliphatic carbocycles. The van der Waals surface area contributed by atoms with E-state index in [2.05, 4.69) is 9.97 Å². The molecule has 0 saturated heterocycles. The normalized spacial score (nSPS) is 9.83. The van der Waals surface area contributed by atoms with Crippen LogP contribution in [0.5, 0.6) is 11.6 Å².